The summed E-state index contributed by atoms with van der Waals surface area (Å²) >= 11 is 0. The highest BCUT2D eigenvalue weighted by Crippen LogP contribution is 2.42. The normalized spacial score (nSPS) is 37.5. The number of nitrogens with zero attached hydrogens (tertiary/aromatic N) is 2. The van der Waals surface area contributed by atoms with Gasteiger partial charge < -0.3 is 59.7 Å². The third kappa shape index (κ3) is 11.6. The number of aromatic amines is 1. The number of para-hydroxylation sites is 1. The van der Waals surface area contributed by atoms with Crippen molar-refractivity contribution in [2.45, 2.75) is 153 Å². The minimum absolute atomic E-state index is 0.208. The van der Waals surface area contributed by atoms with Gasteiger partial charge in [0.15, 0.2) is 6.29 Å². The summed E-state index contributed by atoms with van der Waals surface area (Å²) in [4.78, 5) is 36.4. The smallest absolute Gasteiger partial charge is 0.317 e. The summed E-state index contributed by atoms with van der Waals surface area (Å²) < 4.78 is 25.6. The molecule has 4 heterocycles. The van der Waals surface area contributed by atoms with Gasteiger partial charge in [-0.2, -0.15) is 0 Å². The SMILES string of the molecule is CO[C@]1(C)C[C@H](C[C@H]2[C@H](C)[C@@H](O[C@@H]3O[C@H](C)C[C@H](N(C)C)[C@H]3O)[C@](C)(O)C[C@@H](C)CN(C(=O)NCc3ccccc3)CC(Cc3c[nH]c4ccccc34)NC(=O)[C@@H]2C)O[C@@H](C)[C@@H]1O. The maximum Gasteiger partial charge on any atom is 0.317 e. The van der Waals surface area contributed by atoms with Crippen molar-refractivity contribution in [3.05, 3.63) is 71.9 Å². The van der Waals surface area contributed by atoms with Crippen molar-refractivity contribution in [2.75, 3.05) is 34.3 Å². The summed E-state index contributed by atoms with van der Waals surface area (Å²) in [6.45, 7) is 14.2. The van der Waals surface area contributed by atoms with E-state index in [0.29, 0.717) is 32.2 Å². The Morgan fingerprint density at radius 3 is 2.38 bits per heavy atom. The van der Waals surface area contributed by atoms with Crippen molar-refractivity contribution in [3.63, 3.8) is 0 Å². The standard InChI is InChI=1S/C49H75N5O9/c1-29-23-48(6,59)44(63-46-42(55)41(53(8)9)20-30(2)61-46)31(3)39(22-37-24-49(7,60-10)43(56)33(5)62-37)32(4)45(57)52-36(21-35-26-50-40-19-15-14-18-38(35)40)28-54(27-29)47(58)51-25-34-16-12-11-13-17-34/h11-19,26,29-33,36-37,39,41-44,46,50,55-56,59H,20-25,27-28H2,1-10H3,(H,51,58)(H,52,57)/t29-,30-,31+,32-,33+,36?,37+,39+,41+,42-,43+,44-,46+,48-,49-/m1/s1. The van der Waals surface area contributed by atoms with E-state index in [-0.39, 0.29) is 49.5 Å². The van der Waals surface area contributed by atoms with Crippen LogP contribution < -0.4 is 10.6 Å². The fourth-order valence-corrected chi connectivity index (χ4v) is 10.8. The number of carbonyl (C=O) groups excluding carboxylic acids is 2. The van der Waals surface area contributed by atoms with E-state index in [1.54, 1.807) is 18.9 Å². The third-order valence-corrected chi connectivity index (χ3v) is 14.3. The molecule has 3 fully saturated rings. The molecule has 14 heteroatoms. The molecular weight excluding hydrogens is 803 g/mol. The zero-order valence-electron chi connectivity index (χ0n) is 39.1. The highest BCUT2D eigenvalue weighted by molar-refractivity contribution is 5.83. The van der Waals surface area contributed by atoms with Gasteiger partial charge in [-0.25, -0.2) is 4.79 Å². The molecule has 3 amide bonds. The number of methoxy groups -OCH3 is 1. The molecule has 3 saturated heterocycles. The highest BCUT2D eigenvalue weighted by Gasteiger charge is 2.51. The molecule has 2 aromatic carbocycles. The van der Waals surface area contributed by atoms with Gasteiger partial charge in [-0.3, -0.25) is 4.79 Å². The van der Waals surface area contributed by atoms with E-state index < -0.39 is 71.8 Å². The Bertz CT molecular complexity index is 1950. The summed E-state index contributed by atoms with van der Waals surface area (Å²) in [5.41, 5.74) is 0.554. The molecule has 0 saturated carbocycles. The number of H-pyrrole nitrogens is 1. The van der Waals surface area contributed by atoms with Gasteiger partial charge in [0.2, 0.25) is 5.91 Å². The lowest BCUT2D eigenvalue weighted by Gasteiger charge is -2.49. The van der Waals surface area contributed by atoms with Crippen LogP contribution in [0.5, 0.6) is 0 Å². The molecule has 0 radical (unpaired) electrons. The molecule has 3 aliphatic heterocycles. The van der Waals surface area contributed by atoms with Crippen molar-refractivity contribution in [2.24, 2.45) is 23.7 Å². The maximum absolute atomic E-state index is 15.0. The molecule has 6 N–H and O–H groups in total. The average molecular weight is 878 g/mol. The van der Waals surface area contributed by atoms with E-state index in [1.165, 1.54) is 0 Å². The predicted octanol–water partition coefficient (Wildman–Crippen LogP) is 5.23. The lowest BCUT2D eigenvalue weighted by Crippen LogP contribution is -2.59. The van der Waals surface area contributed by atoms with E-state index in [2.05, 4.69) is 21.7 Å². The Kier molecular flexibility index (Phi) is 16.1. The van der Waals surface area contributed by atoms with Crippen LogP contribution in [-0.4, -0.2) is 143 Å². The third-order valence-electron chi connectivity index (χ3n) is 14.3. The van der Waals surface area contributed by atoms with Crippen LogP contribution in [-0.2, 0) is 36.7 Å². The van der Waals surface area contributed by atoms with Crippen molar-refractivity contribution in [1.82, 2.24) is 25.4 Å². The number of amides is 3. The Morgan fingerprint density at radius 1 is 0.984 bits per heavy atom. The summed E-state index contributed by atoms with van der Waals surface area (Å²) in [6.07, 6.45) is -0.990. The monoisotopic (exact) mass is 878 g/mol. The molecule has 0 bridgehead atoms. The van der Waals surface area contributed by atoms with Crippen LogP contribution in [0, 0.1) is 23.7 Å². The number of urea groups is 1. The summed E-state index contributed by atoms with van der Waals surface area (Å²) in [5, 5.41) is 43.3. The zero-order chi connectivity index (χ0) is 45.8. The van der Waals surface area contributed by atoms with Crippen LogP contribution in [0.25, 0.3) is 10.9 Å². The molecule has 350 valence electrons. The second-order valence-electron chi connectivity index (χ2n) is 19.8. The first kappa shape index (κ1) is 48.8. The molecule has 15 atom stereocenters. The van der Waals surface area contributed by atoms with Crippen molar-refractivity contribution in [1.29, 1.82) is 0 Å². The molecule has 0 aliphatic carbocycles. The molecular formula is C49H75N5O9. The maximum atomic E-state index is 15.0. The van der Waals surface area contributed by atoms with E-state index in [9.17, 15) is 20.1 Å². The van der Waals surface area contributed by atoms with E-state index in [1.807, 2.05) is 115 Å². The Morgan fingerprint density at radius 2 is 1.68 bits per heavy atom. The number of likely N-dealkylation sites (N-methyl/N-ethyl adjacent to an activating group) is 1. The van der Waals surface area contributed by atoms with Gasteiger partial charge in [0.25, 0.3) is 0 Å². The minimum atomic E-state index is -1.52. The zero-order valence-corrected chi connectivity index (χ0v) is 39.1. The number of aliphatic hydroxyl groups is 3. The van der Waals surface area contributed by atoms with Gasteiger partial charge >= 0.3 is 6.03 Å². The number of benzene rings is 2. The highest BCUT2D eigenvalue weighted by atomic mass is 16.7. The number of aromatic nitrogens is 1. The molecule has 6 rings (SSSR count). The number of hydrogen-bond acceptors (Lipinski definition) is 10. The fourth-order valence-electron chi connectivity index (χ4n) is 10.8. The van der Waals surface area contributed by atoms with Crippen LogP contribution in [0.2, 0.25) is 0 Å². The molecule has 3 aliphatic rings. The number of aliphatic hydroxyl groups excluding tert-OH is 2. The molecule has 63 heavy (non-hydrogen) atoms. The number of rotatable bonds is 10. The quantitative estimate of drug-likeness (QED) is 0.158. The minimum Gasteiger partial charge on any atom is -0.387 e. The number of ether oxygens (including phenoxy) is 4. The Balaban J connectivity index is 1.40. The summed E-state index contributed by atoms with van der Waals surface area (Å²) in [5.74, 6) is -2.01. The Labute approximate surface area is 374 Å². The number of carbonyl (C=O) groups is 2. The van der Waals surface area contributed by atoms with Crippen molar-refractivity contribution < 1.29 is 43.9 Å². The van der Waals surface area contributed by atoms with Gasteiger partial charge in [0.05, 0.1) is 41.7 Å². The fraction of sp³-hybridized carbons (Fsp3) is 0.673. The number of hydrogen-bond donors (Lipinski definition) is 6. The van der Waals surface area contributed by atoms with Gasteiger partial charge in [-0.15, -0.1) is 0 Å². The second-order valence-corrected chi connectivity index (χ2v) is 19.8. The van der Waals surface area contributed by atoms with Gasteiger partial charge in [-0.05, 0) is 102 Å². The first-order valence-corrected chi connectivity index (χ1v) is 23.0. The van der Waals surface area contributed by atoms with Gasteiger partial charge in [0.1, 0.15) is 12.2 Å². The molecule has 1 aromatic heterocycles. The molecule has 0 spiro atoms. The van der Waals surface area contributed by atoms with E-state index >= 15 is 4.79 Å². The van der Waals surface area contributed by atoms with Crippen LogP contribution in [0.1, 0.15) is 85.3 Å². The first-order valence-electron chi connectivity index (χ1n) is 23.0. The second kappa shape index (κ2) is 20.7. The summed E-state index contributed by atoms with van der Waals surface area (Å²) in [7, 11) is 5.43. The molecule has 1 unspecified atom stereocenters. The Hall–Kier alpha value is -3.60. The number of fused-ring (bicyclic) bond motifs is 1. The van der Waals surface area contributed by atoms with Gasteiger partial charge in [0, 0.05) is 62.2 Å². The first-order chi connectivity index (χ1) is 29.8. The lowest BCUT2D eigenvalue weighted by atomic mass is 9.70. The predicted molar refractivity (Wildman–Crippen MR) is 243 cm³/mol. The van der Waals surface area contributed by atoms with Crippen LogP contribution in [0.4, 0.5) is 4.79 Å². The van der Waals surface area contributed by atoms with Gasteiger partial charge in [-0.1, -0.05) is 69.3 Å². The van der Waals surface area contributed by atoms with Crippen LogP contribution in [0.15, 0.2) is 60.8 Å². The average Bonchev–Trinajstić information content (AvgIpc) is 3.65. The summed E-state index contributed by atoms with van der Waals surface area (Å²) in [6, 6.07) is 16.8. The van der Waals surface area contributed by atoms with Crippen molar-refractivity contribution >= 4 is 22.8 Å². The lowest BCUT2D eigenvalue weighted by molar-refractivity contribution is -0.298. The van der Waals surface area contributed by atoms with E-state index in [4.69, 9.17) is 18.9 Å². The largest absolute Gasteiger partial charge is 0.387 e. The molecule has 14 nitrogen and oxygen atoms in total. The van der Waals surface area contributed by atoms with Crippen molar-refractivity contribution in [3.8, 4) is 0 Å². The van der Waals surface area contributed by atoms with Crippen LogP contribution >= 0.6 is 0 Å². The number of nitrogens with one attached hydrogen (secondary N) is 3. The molecule has 3 aromatic rings. The van der Waals surface area contributed by atoms with E-state index in [0.717, 1.165) is 22.0 Å². The van der Waals surface area contributed by atoms with Crippen LogP contribution in [0.3, 0.4) is 0 Å². The topological polar surface area (TPSA) is 178 Å².